The number of hydrogen-bond acceptors (Lipinski definition) is 5. The van der Waals surface area contributed by atoms with Gasteiger partial charge in [-0.25, -0.2) is 22.3 Å². The van der Waals surface area contributed by atoms with Gasteiger partial charge in [-0.05, 0) is 57.0 Å². The quantitative estimate of drug-likeness (QED) is 0.473. The smallest absolute Gasteiger partial charge is 0.324 e. The average molecular weight is 433 g/mol. The molecule has 1 fully saturated rings. The number of furan rings is 1. The number of amides is 2. The molecule has 158 valence electrons. The van der Waals surface area contributed by atoms with Crippen molar-refractivity contribution < 1.29 is 22.0 Å². The summed E-state index contributed by atoms with van der Waals surface area (Å²) in [7, 11) is -4.00. The second-order valence-electron chi connectivity index (χ2n) is 7.10. The van der Waals surface area contributed by atoms with E-state index in [-0.39, 0.29) is 17.5 Å². The molecule has 0 atom stereocenters. The van der Waals surface area contributed by atoms with Gasteiger partial charge in [-0.2, -0.15) is 5.10 Å². The lowest BCUT2D eigenvalue weighted by molar-refractivity contribution is 0.262. The predicted molar refractivity (Wildman–Crippen MR) is 108 cm³/mol. The summed E-state index contributed by atoms with van der Waals surface area (Å²) in [6.45, 7) is 3.58. The Morgan fingerprint density at radius 1 is 1.20 bits per heavy atom. The first-order valence-corrected chi connectivity index (χ1v) is 10.7. The van der Waals surface area contributed by atoms with E-state index in [2.05, 4.69) is 25.6 Å². The molecule has 1 aromatic carbocycles. The van der Waals surface area contributed by atoms with Gasteiger partial charge in [0.25, 0.3) is 0 Å². The minimum atomic E-state index is -4.00. The highest BCUT2D eigenvalue weighted by Crippen LogP contribution is 2.28. The molecule has 0 saturated heterocycles. The minimum absolute atomic E-state index is 0.125. The maximum absolute atomic E-state index is 14.1. The van der Waals surface area contributed by atoms with Crippen LogP contribution in [0.4, 0.5) is 20.7 Å². The molecule has 0 unspecified atom stereocenters. The molecule has 1 aliphatic carbocycles. The Morgan fingerprint density at radius 2 is 1.97 bits per heavy atom. The Labute approximate surface area is 172 Å². The lowest BCUT2D eigenvalue weighted by atomic mass is 10.2. The van der Waals surface area contributed by atoms with Crippen LogP contribution in [-0.4, -0.2) is 30.7 Å². The number of hydrogen-bond donors (Lipinski definition) is 4. The van der Waals surface area contributed by atoms with E-state index in [1.807, 2.05) is 13.0 Å². The summed E-state index contributed by atoms with van der Waals surface area (Å²) < 4.78 is 46.7. The van der Waals surface area contributed by atoms with Crippen molar-refractivity contribution in [1.82, 2.24) is 14.9 Å². The molecular formula is C19H20FN5O4S. The Hall–Kier alpha value is -3.18. The van der Waals surface area contributed by atoms with Crippen molar-refractivity contribution in [3.63, 3.8) is 0 Å². The number of sulfonamides is 1. The molecule has 4 N–H and O–H groups in total. The third-order valence-corrected chi connectivity index (χ3v) is 6.14. The minimum Gasteiger partial charge on any atom is -0.460 e. The van der Waals surface area contributed by atoms with Crippen LogP contribution in [0, 0.1) is 19.7 Å². The first-order chi connectivity index (χ1) is 14.2. The predicted octanol–water partition coefficient (Wildman–Crippen LogP) is 3.51. The van der Waals surface area contributed by atoms with E-state index in [1.54, 1.807) is 13.0 Å². The van der Waals surface area contributed by atoms with Crippen LogP contribution in [0.2, 0.25) is 0 Å². The summed E-state index contributed by atoms with van der Waals surface area (Å²) in [6.07, 6.45) is 1.45. The number of H-pyrrole nitrogens is 1. The van der Waals surface area contributed by atoms with Crippen LogP contribution < -0.4 is 15.4 Å². The summed E-state index contributed by atoms with van der Waals surface area (Å²) in [4.78, 5) is 11.8. The van der Waals surface area contributed by atoms with Crippen molar-refractivity contribution >= 4 is 27.6 Å². The van der Waals surface area contributed by atoms with Gasteiger partial charge in [-0.15, -0.1) is 0 Å². The van der Waals surface area contributed by atoms with Crippen molar-refractivity contribution in [1.29, 1.82) is 0 Å². The molecule has 0 bridgehead atoms. The number of aromatic amines is 1. The van der Waals surface area contributed by atoms with Gasteiger partial charge in [0.2, 0.25) is 10.0 Å². The molecule has 2 amide bonds. The zero-order valence-corrected chi connectivity index (χ0v) is 17.1. The van der Waals surface area contributed by atoms with Crippen LogP contribution >= 0.6 is 0 Å². The van der Waals surface area contributed by atoms with E-state index in [0.29, 0.717) is 17.0 Å². The molecule has 3 aromatic rings. The highest BCUT2D eigenvalue weighted by atomic mass is 32.2. The molecule has 9 nitrogen and oxygen atoms in total. The molecular weight excluding hydrogens is 413 g/mol. The van der Waals surface area contributed by atoms with E-state index < -0.39 is 26.8 Å². The number of anilines is 2. The Bertz CT molecular complexity index is 1210. The fourth-order valence-electron chi connectivity index (χ4n) is 2.87. The lowest BCUT2D eigenvalue weighted by Gasteiger charge is -2.10. The zero-order valence-electron chi connectivity index (χ0n) is 16.2. The normalized spacial score (nSPS) is 14.0. The highest BCUT2D eigenvalue weighted by Gasteiger charge is 2.30. The summed E-state index contributed by atoms with van der Waals surface area (Å²) in [5.74, 6) is 0.713. The molecule has 0 aliphatic heterocycles. The number of urea groups is 1. The first-order valence-electron chi connectivity index (χ1n) is 9.24. The number of halogens is 1. The van der Waals surface area contributed by atoms with Gasteiger partial charge in [0.15, 0.2) is 11.6 Å². The van der Waals surface area contributed by atoms with Crippen molar-refractivity contribution in [2.24, 2.45) is 0 Å². The summed E-state index contributed by atoms with van der Waals surface area (Å²) in [5, 5.41) is 12.0. The van der Waals surface area contributed by atoms with Gasteiger partial charge in [0.05, 0.1) is 0 Å². The van der Waals surface area contributed by atoms with E-state index in [9.17, 15) is 17.6 Å². The SMILES string of the molecule is Cc1ccc(-c2[nH]nc(NC(=O)Nc3ccc(F)c(S(=O)(=O)NC4CC4)c3)c2C)o1. The van der Waals surface area contributed by atoms with E-state index >= 15 is 0 Å². The summed E-state index contributed by atoms with van der Waals surface area (Å²) in [6, 6.07) is 6.13. The monoisotopic (exact) mass is 433 g/mol. The van der Waals surface area contributed by atoms with Gasteiger partial charge < -0.3 is 9.73 Å². The molecule has 4 rings (SSSR count). The molecule has 0 radical (unpaired) electrons. The summed E-state index contributed by atoms with van der Waals surface area (Å²) in [5.41, 5.74) is 1.41. The van der Waals surface area contributed by atoms with E-state index in [1.165, 1.54) is 6.07 Å². The Balaban J connectivity index is 1.48. The van der Waals surface area contributed by atoms with Gasteiger partial charge in [-0.1, -0.05) is 0 Å². The molecule has 2 aromatic heterocycles. The number of nitrogens with one attached hydrogen (secondary N) is 4. The van der Waals surface area contributed by atoms with Crippen molar-refractivity contribution in [2.45, 2.75) is 37.6 Å². The molecule has 30 heavy (non-hydrogen) atoms. The molecule has 0 spiro atoms. The number of nitrogens with zero attached hydrogens (tertiary/aromatic N) is 1. The zero-order chi connectivity index (χ0) is 21.5. The maximum atomic E-state index is 14.1. The van der Waals surface area contributed by atoms with Crippen LogP contribution in [0.25, 0.3) is 11.5 Å². The molecule has 2 heterocycles. The first kappa shape index (κ1) is 20.1. The van der Waals surface area contributed by atoms with Crippen molar-refractivity contribution in [3.05, 3.63) is 47.5 Å². The largest absolute Gasteiger partial charge is 0.460 e. The van der Waals surface area contributed by atoms with Crippen LogP contribution in [0.3, 0.4) is 0 Å². The van der Waals surface area contributed by atoms with Gasteiger partial charge >= 0.3 is 6.03 Å². The van der Waals surface area contributed by atoms with Crippen molar-refractivity contribution in [2.75, 3.05) is 10.6 Å². The number of aryl methyl sites for hydroxylation is 1. The van der Waals surface area contributed by atoms with Crippen LogP contribution in [-0.2, 0) is 10.0 Å². The molecule has 1 aliphatic rings. The molecule has 1 saturated carbocycles. The van der Waals surface area contributed by atoms with E-state index in [0.717, 1.165) is 30.7 Å². The second-order valence-corrected chi connectivity index (χ2v) is 8.78. The topological polar surface area (TPSA) is 129 Å². The number of rotatable bonds is 6. The molecule has 11 heteroatoms. The Kier molecular flexibility index (Phi) is 5.08. The number of aromatic nitrogens is 2. The van der Waals surface area contributed by atoms with E-state index in [4.69, 9.17) is 4.42 Å². The average Bonchev–Trinajstić information content (AvgIpc) is 3.26. The van der Waals surface area contributed by atoms with Gasteiger partial charge in [-0.3, -0.25) is 10.4 Å². The second kappa shape index (κ2) is 7.58. The number of benzene rings is 1. The van der Waals surface area contributed by atoms with Crippen LogP contribution in [0.15, 0.2) is 39.6 Å². The van der Waals surface area contributed by atoms with Gasteiger partial charge in [0, 0.05) is 17.3 Å². The highest BCUT2D eigenvalue weighted by molar-refractivity contribution is 7.89. The lowest BCUT2D eigenvalue weighted by Crippen LogP contribution is -2.27. The van der Waals surface area contributed by atoms with Gasteiger partial charge in [0.1, 0.15) is 22.2 Å². The number of carbonyl (C=O) groups is 1. The van der Waals surface area contributed by atoms with Crippen LogP contribution in [0.1, 0.15) is 24.2 Å². The maximum Gasteiger partial charge on any atom is 0.324 e. The third kappa shape index (κ3) is 4.21. The van der Waals surface area contributed by atoms with Crippen molar-refractivity contribution in [3.8, 4) is 11.5 Å². The summed E-state index contributed by atoms with van der Waals surface area (Å²) >= 11 is 0. The number of carbonyl (C=O) groups excluding carboxylic acids is 1. The standard InChI is InChI=1S/C19H20FN5O4S/c1-10-3-8-15(29-10)17-11(2)18(24-23-17)22-19(26)21-13-6-7-14(20)16(9-13)30(27,28)25-12-4-5-12/h3,6-9,12,25H,4-5H2,1-2H3,(H3,21,22,23,24,26). The van der Waals surface area contributed by atoms with Crippen LogP contribution in [0.5, 0.6) is 0 Å². The Morgan fingerprint density at radius 3 is 2.63 bits per heavy atom. The third-order valence-electron chi connectivity index (χ3n) is 4.61. The fourth-order valence-corrected chi connectivity index (χ4v) is 4.28. The fraction of sp³-hybridized carbons (Fsp3) is 0.263.